The van der Waals surface area contributed by atoms with E-state index in [0.29, 0.717) is 24.4 Å². The van der Waals surface area contributed by atoms with Crippen molar-refractivity contribution < 1.29 is 10.0 Å². The fourth-order valence-electron chi connectivity index (χ4n) is 2.13. The molecular formula is C14H20ClN3O2. The van der Waals surface area contributed by atoms with Crippen LogP contribution in [-0.2, 0) is 11.3 Å². The molecular weight excluding hydrogens is 278 g/mol. The first kappa shape index (κ1) is 16.3. The number of amides is 1. The number of halogens is 1. The molecule has 0 aromatic heterocycles. The molecule has 0 saturated carbocycles. The molecule has 1 amide bonds. The smallest absolute Gasteiger partial charge is 0.234 e. The fourth-order valence-corrected chi connectivity index (χ4v) is 2.33. The van der Waals surface area contributed by atoms with Crippen molar-refractivity contribution >= 4 is 23.3 Å². The summed E-state index contributed by atoms with van der Waals surface area (Å²) in [6.07, 6.45) is 0.904. The summed E-state index contributed by atoms with van der Waals surface area (Å²) in [5.74, 6) is -0.336. The molecule has 1 aromatic carbocycles. The Morgan fingerprint density at radius 3 is 2.50 bits per heavy atom. The Morgan fingerprint density at radius 1 is 1.40 bits per heavy atom. The van der Waals surface area contributed by atoms with Gasteiger partial charge in [-0.15, -0.1) is 0 Å². The molecule has 0 atom stereocenters. The lowest BCUT2D eigenvalue weighted by Gasteiger charge is -2.28. The van der Waals surface area contributed by atoms with E-state index in [1.165, 1.54) is 0 Å². The molecule has 0 fully saturated rings. The number of nitrogens with two attached hydrogens (primary N) is 1. The van der Waals surface area contributed by atoms with E-state index < -0.39 is 5.41 Å². The summed E-state index contributed by atoms with van der Waals surface area (Å²) in [7, 11) is 0. The normalized spacial score (nSPS) is 12.2. The standard InChI is InChI=1S/C14H20ClN3O2/c1-3-14(4-2,12(16)18-20)13(19)17-9-10-7-5-6-8-11(10)15/h5-8,20H,3-4,9H2,1-2H3,(H2,16,18)(H,17,19). The summed E-state index contributed by atoms with van der Waals surface area (Å²) in [6, 6.07) is 7.28. The maximum Gasteiger partial charge on any atom is 0.234 e. The second kappa shape index (κ2) is 7.14. The van der Waals surface area contributed by atoms with Crippen LogP contribution in [0.1, 0.15) is 32.3 Å². The first-order valence-electron chi connectivity index (χ1n) is 6.51. The first-order chi connectivity index (χ1) is 9.51. The Kier molecular flexibility index (Phi) is 5.82. The van der Waals surface area contributed by atoms with Crippen LogP contribution in [0, 0.1) is 5.41 Å². The van der Waals surface area contributed by atoms with Crippen LogP contribution in [0.25, 0.3) is 0 Å². The zero-order valence-electron chi connectivity index (χ0n) is 11.7. The minimum absolute atomic E-state index is 0.0702. The number of hydrogen-bond donors (Lipinski definition) is 3. The lowest BCUT2D eigenvalue weighted by molar-refractivity contribution is -0.128. The number of benzene rings is 1. The number of nitrogens with one attached hydrogen (secondary N) is 1. The molecule has 110 valence electrons. The number of nitrogens with zero attached hydrogens (tertiary/aromatic N) is 1. The van der Waals surface area contributed by atoms with E-state index in [0.717, 1.165) is 5.56 Å². The number of carbonyl (C=O) groups excluding carboxylic acids is 1. The SMILES string of the molecule is CCC(CC)(C(=O)NCc1ccccc1Cl)C(N)=NO. The monoisotopic (exact) mass is 297 g/mol. The van der Waals surface area contributed by atoms with Gasteiger partial charge in [-0.2, -0.15) is 0 Å². The fraction of sp³-hybridized carbons (Fsp3) is 0.429. The lowest BCUT2D eigenvalue weighted by Crippen LogP contribution is -2.49. The van der Waals surface area contributed by atoms with Crippen molar-refractivity contribution in [1.82, 2.24) is 5.32 Å². The van der Waals surface area contributed by atoms with Crippen molar-refractivity contribution in [2.45, 2.75) is 33.2 Å². The van der Waals surface area contributed by atoms with Crippen LogP contribution in [0.4, 0.5) is 0 Å². The van der Waals surface area contributed by atoms with Gasteiger partial charge in [0.05, 0.1) is 0 Å². The predicted molar refractivity (Wildman–Crippen MR) is 79.7 cm³/mol. The molecule has 0 aliphatic rings. The second-order valence-electron chi connectivity index (χ2n) is 4.55. The third-order valence-corrected chi connectivity index (χ3v) is 4.01. The summed E-state index contributed by atoms with van der Waals surface area (Å²) in [6.45, 7) is 3.96. The highest BCUT2D eigenvalue weighted by Crippen LogP contribution is 2.27. The van der Waals surface area contributed by atoms with Gasteiger partial charge in [-0.25, -0.2) is 0 Å². The average Bonchev–Trinajstić information content (AvgIpc) is 2.47. The van der Waals surface area contributed by atoms with Gasteiger partial charge < -0.3 is 16.3 Å². The largest absolute Gasteiger partial charge is 0.409 e. The third kappa shape index (κ3) is 3.22. The van der Waals surface area contributed by atoms with Gasteiger partial charge in [-0.3, -0.25) is 4.79 Å². The van der Waals surface area contributed by atoms with Gasteiger partial charge in [-0.1, -0.05) is 48.8 Å². The van der Waals surface area contributed by atoms with E-state index in [2.05, 4.69) is 10.5 Å². The van der Waals surface area contributed by atoms with Gasteiger partial charge in [0.15, 0.2) is 5.84 Å². The van der Waals surface area contributed by atoms with E-state index in [9.17, 15) is 4.79 Å². The summed E-state index contributed by atoms with van der Waals surface area (Å²) >= 11 is 6.04. The van der Waals surface area contributed by atoms with Gasteiger partial charge in [-0.05, 0) is 24.5 Å². The molecule has 0 unspecified atom stereocenters. The number of hydrogen-bond acceptors (Lipinski definition) is 3. The summed E-state index contributed by atoms with van der Waals surface area (Å²) in [5, 5.41) is 15.3. The third-order valence-electron chi connectivity index (χ3n) is 3.64. The summed E-state index contributed by atoms with van der Waals surface area (Å²) in [4.78, 5) is 12.4. The molecule has 0 radical (unpaired) electrons. The summed E-state index contributed by atoms with van der Waals surface area (Å²) in [5.41, 5.74) is 5.52. The Balaban J connectivity index is 2.86. The molecule has 4 N–H and O–H groups in total. The van der Waals surface area contributed by atoms with Gasteiger partial charge in [0.2, 0.25) is 5.91 Å². The molecule has 0 aliphatic heterocycles. The number of rotatable bonds is 6. The van der Waals surface area contributed by atoms with Crippen LogP contribution in [0.2, 0.25) is 5.02 Å². The van der Waals surface area contributed by atoms with Crippen LogP contribution < -0.4 is 11.1 Å². The maximum atomic E-state index is 12.4. The van der Waals surface area contributed by atoms with Gasteiger partial charge in [0, 0.05) is 11.6 Å². The molecule has 0 saturated heterocycles. The van der Waals surface area contributed by atoms with E-state index in [4.69, 9.17) is 22.5 Å². The van der Waals surface area contributed by atoms with Crippen molar-refractivity contribution in [2.24, 2.45) is 16.3 Å². The minimum atomic E-state index is -0.990. The quantitative estimate of drug-likeness (QED) is 0.326. The van der Waals surface area contributed by atoms with Crippen LogP contribution in [0.3, 0.4) is 0 Å². The number of amidine groups is 1. The predicted octanol–water partition coefficient (Wildman–Crippen LogP) is 2.51. The maximum absolute atomic E-state index is 12.4. The lowest BCUT2D eigenvalue weighted by atomic mass is 9.80. The van der Waals surface area contributed by atoms with E-state index >= 15 is 0 Å². The van der Waals surface area contributed by atoms with Crippen molar-refractivity contribution in [2.75, 3.05) is 0 Å². The van der Waals surface area contributed by atoms with E-state index in [1.807, 2.05) is 32.0 Å². The molecule has 20 heavy (non-hydrogen) atoms. The molecule has 0 bridgehead atoms. The number of oxime groups is 1. The van der Waals surface area contributed by atoms with Gasteiger partial charge in [0.25, 0.3) is 0 Å². The zero-order chi connectivity index (χ0) is 15.2. The van der Waals surface area contributed by atoms with Crippen LogP contribution in [-0.4, -0.2) is 17.0 Å². The number of carbonyl (C=O) groups is 1. The highest BCUT2D eigenvalue weighted by Gasteiger charge is 2.39. The second-order valence-corrected chi connectivity index (χ2v) is 4.96. The highest BCUT2D eigenvalue weighted by atomic mass is 35.5. The van der Waals surface area contributed by atoms with Crippen LogP contribution in [0.5, 0.6) is 0 Å². The molecule has 1 aromatic rings. The molecule has 6 heteroatoms. The van der Waals surface area contributed by atoms with Crippen LogP contribution >= 0.6 is 11.6 Å². The minimum Gasteiger partial charge on any atom is -0.409 e. The Morgan fingerprint density at radius 2 is 2.00 bits per heavy atom. The van der Waals surface area contributed by atoms with Gasteiger partial charge >= 0.3 is 0 Å². The Labute approximate surface area is 123 Å². The molecule has 0 spiro atoms. The topological polar surface area (TPSA) is 87.7 Å². The molecule has 1 rings (SSSR count). The first-order valence-corrected chi connectivity index (χ1v) is 6.89. The van der Waals surface area contributed by atoms with Crippen molar-refractivity contribution in [3.8, 4) is 0 Å². The Bertz CT molecular complexity index is 499. The van der Waals surface area contributed by atoms with Crippen molar-refractivity contribution in [1.29, 1.82) is 0 Å². The van der Waals surface area contributed by atoms with Gasteiger partial charge in [0.1, 0.15) is 5.41 Å². The van der Waals surface area contributed by atoms with Crippen molar-refractivity contribution in [3.05, 3.63) is 34.9 Å². The van der Waals surface area contributed by atoms with Crippen LogP contribution in [0.15, 0.2) is 29.4 Å². The van der Waals surface area contributed by atoms with E-state index in [-0.39, 0.29) is 11.7 Å². The zero-order valence-corrected chi connectivity index (χ0v) is 12.4. The highest BCUT2D eigenvalue weighted by molar-refractivity contribution is 6.31. The molecule has 5 nitrogen and oxygen atoms in total. The van der Waals surface area contributed by atoms with E-state index in [1.54, 1.807) is 6.07 Å². The summed E-state index contributed by atoms with van der Waals surface area (Å²) < 4.78 is 0. The Hall–Kier alpha value is -1.75. The molecule has 0 heterocycles. The van der Waals surface area contributed by atoms with Crippen molar-refractivity contribution in [3.63, 3.8) is 0 Å². The molecule has 0 aliphatic carbocycles. The average molecular weight is 298 g/mol.